The maximum Gasteiger partial charge on any atom is 0.291 e. The summed E-state index contributed by atoms with van der Waals surface area (Å²) in [7, 11) is 0. The van der Waals surface area contributed by atoms with Gasteiger partial charge in [-0.05, 0) is 36.8 Å². The summed E-state index contributed by atoms with van der Waals surface area (Å²) in [6.45, 7) is 1.92. The Labute approximate surface area is 138 Å². The monoisotopic (exact) mass is 326 g/mol. The van der Waals surface area contributed by atoms with Crippen LogP contribution >= 0.6 is 11.6 Å². The summed E-state index contributed by atoms with van der Waals surface area (Å²) in [6.07, 6.45) is 1.51. The third kappa shape index (κ3) is 3.57. The SMILES string of the molecule is C[C@@H](NC(=O)c1ncn(-c2ccc(Cl)cc2)n1)c1ccccc1. The fourth-order valence-electron chi connectivity index (χ4n) is 2.17. The maximum atomic E-state index is 12.3. The van der Waals surface area contributed by atoms with E-state index in [1.54, 1.807) is 16.8 Å². The minimum absolute atomic E-state index is 0.119. The Bertz CT molecular complexity index is 799. The second kappa shape index (κ2) is 6.62. The van der Waals surface area contributed by atoms with Gasteiger partial charge in [0.15, 0.2) is 0 Å². The molecular formula is C17H15ClN4O. The van der Waals surface area contributed by atoms with E-state index in [2.05, 4.69) is 15.4 Å². The number of nitrogens with zero attached hydrogens (tertiary/aromatic N) is 3. The zero-order valence-electron chi connectivity index (χ0n) is 12.5. The van der Waals surface area contributed by atoms with Crippen LogP contribution in [0.4, 0.5) is 0 Å². The van der Waals surface area contributed by atoms with Gasteiger partial charge in [0, 0.05) is 5.02 Å². The molecule has 0 spiro atoms. The van der Waals surface area contributed by atoms with E-state index in [-0.39, 0.29) is 17.8 Å². The van der Waals surface area contributed by atoms with E-state index in [0.29, 0.717) is 5.02 Å². The quantitative estimate of drug-likeness (QED) is 0.799. The van der Waals surface area contributed by atoms with Gasteiger partial charge >= 0.3 is 0 Å². The highest BCUT2D eigenvalue weighted by atomic mass is 35.5. The van der Waals surface area contributed by atoms with Crippen molar-refractivity contribution in [3.8, 4) is 5.69 Å². The van der Waals surface area contributed by atoms with Crippen LogP contribution in [-0.2, 0) is 0 Å². The molecule has 6 heteroatoms. The number of hydrogen-bond acceptors (Lipinski definition) is 3. The van der Waals surface area contributed by atoms with Gasteiger partial charge in [0.2, 0.25) is 5.82 Å². The molecule has 0 unspecified atom stereocenters. The lowest BCUT2D eigenvalue weighted by atomic mass is 10.1. The van der Waals surface area contributed by atoms with Crippen LogP contribution in [0, 0.1) is 0 Å². The zero-order chi connectivity index (χ0) is 16.2. The van der Waals surface area contributed by atoms with E-state index in [0.717, 1.165) is 11.3 Å². The topological polar surface area (TPSA) is 59.8 Å². The lowest BCUT2D eigenvalue weighted by molar-refractivity contribution is 0.0929. The van der Waals surface area contributed by atoms with Crippen molar-refractivity contribution in [1.29, 1.82) is 0 Å². The molecule has 1 atom stereocenters. The zero-order valence-corrected chi connectivity index (χ0v) is 13.2. The van der Waals surface area contributed by atoms with E-state index < -0.39 is 0 Å². The standard InChI is InChI=1S/C17H15ClN4O/c1-12(13-5-3-2-4-6-13)20-17(23)16-19-11-22(21-16)15-9-7-14(18)8-10-15/h2-12H,1H3,(H,20,23)/t12-/m1/s1. The predicted molar refractivity (Wildman–Crippen MR) is 88.7 cm³/mol. The Morgan fingerprint density at radius 2 is 1.83 bits per heavy atom. The highest BCUT2D eigenvalue weighted by Gasteiger charge is 2.15. The van der Waals surface area contributed by atoms with Crippen LogP contribution in [0.1, 0.15) is 29.1 Å². The average molecular weight is 327 g/mol. The Hall–Kier alpha value is -2.66. The van der Waals surface area contributed by atoms with Crippen LogP contribution < -0.4 is 5.32 Å². The highest BCUT2D eigenvalue weighted by molar-refractivity contribution is 6.30. The van der Waals surface area contributed by atoms with Gasteiger partial charge in [-0.1, -0.05) is 41.9 Å². The molecule has 0 radical (unpaired) electrons. The normalized spacial score (nSPS) is 11.9. The molecule has 2 aromatic carbocycles. The molecule has 0 fully saturated rings. The summed E-state index contributed by atoms with van der Waals surface area (Å²) in [6, 6.07) is 16.8. The fraction of sp³-hybridized carbons (Fsp3) is 0.118. The summed E-state index contributed by atoms with van der Waals surface area (Å²) in [5.74, 6) is -0.184. The molecule has 0 aliphatic carbocycles. The minimum Gasteiger partial charge on any atom is -0.343 e. The largest absolute Gasteiger partial charge is 0.343 e. The third-order valence-electron chi connectivity index (χ3n) is 3.43. The summed E-state index contributed by atoms with van der Waals surface area (Å²) < 4.78 is 1.54. The van der Waals surface area contributed by atoms with Crippen LogP contribution in [0.2, 0.25) is 5.02 Å². The Morgan fingerprint density at radius 1 is 1.13 bits per heavy atom. The van der Waals surface area contributed by atoms with Crippen molar-refractivity contribution in [1.82, 2.24) is 20.1 Å². The third-order valence-corrected chi connectivity index (χ3v) is 3.69. The number of amides is 1. The lowest BCUT2D eigenvalue weighted by Crippen LogP contribution is -2.27. The molecule has 1 aromatic heterocycles. The van der Waals surface area contributed by atoms with Crippen LogP contribution in [0.3, 0.4) is 0 Å². The van der Waals surface area contributed by atoms with E-state index in [9.17, 15) is 4.79 Å². The number of aromatic nitrogens is 3. The van der Waals surface area contributed by atoms with Crippen molar-refractivity contribution in [3.63, 3.8) is 0 Å². The van der Waals surface area contributed by atoms with Gasteiger partial charge in [-0.15, -0.1) is 5.10 Å². The molecular weight excluding hydrogens is 312 g/mol. The van der Waals surface area contributed by atoms with Crippen LogP contribution in [0.25, 0.3) is 5.69 Å². The minimum atomic E-state index is -0.311. The van der Waals surface area contributed by atoms with Crippen molar-refractivity contribution < 1.29 is 4.79 Å². The molecule has 3 aromatic rings. The predicted octanol–water partition coefficient (Wildman–Crippen LogP) is 3.41. The van der Waals surface area contributed by atoms with Gasteiger partial charge in [-0.2, -0.15) is 0 Å². The molecule has 0 saturated carbocycles. The van der Waals surface area contributed by atoms with Gasteiger partial charge in [0.05, 0.1) is 11.7 Å². The summed E-state index contributed by atoms with van der Waals surface area (Å²) >= 11 is 5.86. The first-order valence-corrected chi connectivity index (χ1v) is 7.55. The van der Waals surface area contributed by atoms with Crippen molar-refractivity contribution in [3.05, 3.63) is 77.3 Å². The number of carbonyl (C=O) groups is 1. The smallest absolute Gasteiger partial charge is 0.291 e. The molecule has 1 N–H and O–H groups in total. The Balaban J connectivity index is 1.72. The fourth-order valence-corrected chi connectivity index (χ4v) is 2.30. The molecule has 1 heterocycles. The molecule has 0 bridgehead atoms. The summed E-state index contributed by atoms with van der Waals surface area (Å²) in [5, 5.41) is 7.74. The molecule has 5 nitrogen and oxygen atoms in total. The Kier molecular flexibility index (Phi) is 4.39. The van der Waals surface area contributed by atoms with Crippen LogP contribution in [0.5, 0.6) is 0 Å². The van der Waals surface area contributed by atoms with Gasteiger partial charge in [0.1, 0.15) is 6.33 Å². The Morgan fingerprint density at radius 3 is 2.52 bits per heavy atom. The summed E-state index contributed by atoms with van der Waals surface area (Å²) in [5.41, 5.74) is 1.81. The molecule has 0 saturated heterocycles. The van der Waals surface area contributed by atoms with E-state index >= 15 is 0 Å². The van der Waals surface area contributed by atoms with Crippen molar-refractivity contribution in [2.45, 2.75) is 13.0 Å². The number of rotatable bonds is 4. The van der Waals surface area contributed by atoms with Crippen molar-refractivity contribution in [2.24, 2.45) is 0 Å². The molecule has 0 aliphatic rings. The number of benzene rings is 2. The number of nitrogens with one attached hydrogen (secondary N) is 1. The highest BCUT2D eigenvalue weighted by Crippen LogP contribution is 2.13. The first kappa shape index (κ1) is 15.2. The van der Waals surface area contributed by atoms with E-state index in [4.69, 9.17) is 11.6 Å². The van der Waals surface area contributed by atoms with Crippen molar-refractivity contribution in [2.75, 3.05) is 0 Å². The van der Waals surface area contributed by atoms with Gasteiger partial charge < -0.3 is 5.32 Å². The molecule has 23 heavy (non-hydrogen) atoms. The molecule has 1 amide bonds. The second-order valence-corrected chi connectivity index (χ2v) is 5.53. The lowest BCUT2D eigenvalue weighted by Gasteiger charge is -2.12. The first-order valence-electron chi connectivity index (χ1n) is 7.17. The number of halogens is 1. The number of hydrogen-bond donors (Lipinski definition) is 1. The molecule has 116 valence electrons. The van der Waals surface area contributed by atoms with E-state index in [1.165, 1.54) is 6.33 Å². The summed E-state index contributed by atoms with van der Waals surface area (Å²) in [4.78, 5) is 16.3. The van der Waals surface area contributed by atoms with Crippen LogP contribution in [0.15, 0.2) is 60.9 Å². The first-order chi connectivity index (χ1) is 11.1. The van der Waals surface area contributed by atoms with Gasteiger partial charge in [-0.3, -0.25) is 4.79 Å². The number of carbonyl (C=O) groups excluding carboxylic acids is 1. The van der Waals surface area contributed by atoms with Gasteiger partial charge in [-0.25, -0.2) is 9.67 Å². The maximum absolute atomic E-state index is 12.3. The van der Waals surface area contributed by atoms with Crippen molar-refractivity contribution >= 4 is 17.5 Å². The average Bonchev–Trinajstić information content (AvgIpc) is 3.06. The van der Waals surface area contributed by atoms with E-state index in [1.807, 2.05) is 49.4 Å². The molecule has 0 aliphatic heterocycles. The van der Waals surface area contributed by atoms with Gasteiger partial charge in [0.25, 0.3) is 5.91 Å². The second-order valence-electron chi connectivity index (χ2n) is 5.09. The van der Waals surface area contributed by atoms with Crippen LogP contribution in [-0.4, -0.2) is 20.7 Å². The molecule has 3 rings (SSSR count).